The predicted molar refractivity (Wildman–Crippen MR) is 61.1 cm³/mol. The lowest BCUT2D eigenvalue weighted by atomic mass is 10.3. The molecule has 0 radical (unpaired) electrons. The summed E-state index contributed by atoms with van der Waals surface area (Å²) in [6, 6.07) is 0.392. The third kappa shape index (κ3) is 6.76. The maximum Gasteiger partial charge on any atom is 0.234 e. The molecule has 1 atom stereocenters. The van der Waals surface area contributed by atoms with Gasteiger partial charge in [0.2, 0.25) is 5.91 Å². The van der Waals surface area contributed by atoms with Crippen molar-refractivity contribution in [2.45, 2.75) is 44.9 Å². The molecule has 0 aromatic heterocycles. The number of aliphatic hydroxyl groups excluding tert-OH is 1. The predicted octanol–water partition coefficient (Wildman–Crippen LogP) is -0.359. The van der Waals surface area contributed by atoms with Gasteiger partial charge in [0.15, 0.2) is 0 Å². The molecule has 5 heteroatoms. The number of ether oxygens (including phenoxy) is 1. The van der Waals surface area contributed by atoms with Crippen molar-refractivity contribution in [1.29, 1.82) is 0 Å². The highest BCUT2D eigenvalue weighted by molar-refractivity contribution is 5.78. The average molecular weight is 230 g/mol. The first-order chi connectivity index (χ1) is 7.58. The van der Waals surface area contributed by atoms with Gasteiger partial charge in [0.05, 0.1) is 25.4 Å². The van der Waals surface area contributed by atoms with Crippen LogP contribution in [0.2, 0.25) is 0 Å². The van der Waals surface area contributed by atoms with Gasteiger partial charge in [-0.25, -0.2) is 0 Å². The molecule has 0 aliphatic heterocycles. The summed E-state index contributed by atoms with van der Waals surface area (Å²) in [7, 11) is 0. The molecule has 1 fully saturated rings. The number of hydrogen-bond donors (Lipinski definition) is 3. The zero-order valence-corrected chi connectivity index (χ0v) is 10.0. The van der Waals surface area contributed by atoms with Crippen molar-refractivity contribution < 1.29 is 14.6 Å². The second kappa shape index (κ2) is 6.83. The number of carbonyl (C=O) groups is 1. The molecule has 94 valence electrons. The van der Waals surface area contributed by atoms with Crippen LogP contribution in [0.25, 0.3) is 0 Å². The van der Waals surface area contributed by atoms with E-state index in [0.29, 0.717) is 19.2 Å². The van der Waals surface area contributed by atoms with E-state index in [1.54, 1.807) is 0 Å². The van der Waals surface area contributed by atoms with Crippen LogP contribution in [0.1, 0.15) is 26.7 Å². The highest BCUT2D eigenvalue weighted by Gasteiger charge is 2.22. The fourth-order valence-electron chi connectivity index (χ4n) is 1.22. The number of nitrogens with one attached hydrogen (secondary N) is 2. The molecular weight excluding hydrogens is 208 g/mol. The standard InChI is InChI=1S/C11H22N2O3/c1-8(2)16-7-10(14)5-12-6-11(15)13-9-3-4-9/h8-10,12,14H,3-7H2,1-2H3,(H,13,15). The van der Waals surface area contributed by atoms with Crippen LogP contribution >= 0.6 is 0 Å². The zero-order valence-electron chi connectivity index (χ0n) is 10.0. The molecule has 1 amide bonds. The Morgan fingerprint density at radius 1 is 1.50 bits per heavy atom. The van der Waals surface area contributed by atoms with E-state index in [1.807, 2.05) is 13.8 Å². The molecule has 0 bridgehead atoms. The molecule has 0 aromatic carbocycles. The summed E-state index contributed by atoms with van der Waals surface area (Å²) in [6.45, 7) is 4.78. The van der Waals surface area contributed by atoms with Crippen molar-refractivity contribution in [1.82, 2.24) is 10.6 Å². The van der Waals surface area contributed by atoms with Gasteiger partial charge in [-0.3, -0.25) is 4.79 Å². The summed E-state index contributed by atoms with van der Waals surface area (Å²) >= 11 is 0. The molecular formula is C11H22N2O3. The van der Waals surface area contributed by atoms with Gasteiger partial charge in [0.1, 0.15) is 0 Å². The Morgan fingerprint density at radius 2 is 2.19 bits per heavy atom. The lowest BCUT2D eigenvalue weighted by molar-refractivity contribution is -0.120. The third-order valence-corrected chi connectivity index (χ3v) is 2.23. The van der Waals surface area contributed by atoms with E-state index in [0.717, 1.165) is 12.8 Å². The number of hydrogen-bond acceptors (Lipinski definition) is 4. The Kier molecular flexibility index (Phi) is 5.73. The number of rotatable bonds is 8. The first-order valence-corrected chi connectivity index (χ1v) is 5.87. The van der Waals surface area contributed by atoms with Gasteiger partial charge in [0, 0.05) is 12.6 Å². The fraction of sp³-hybridized carbons (Fsp3) is 0.909. The van der Waals surface area contributed by atoms with Crippen molar-refractivity contribution in [2.24, 2.45) is 0 Å². The highest BCUT2D eigenvalue weighted by Crippen LogP contribution is 2.18. The largest absolute Gasteiger partial charge is 0.389 e. The van der Waals surface area contributed by atoms with Gasteiger partial charge in [-0.2, -0.15) is 0 Å². The molecule has 16 heavy (non-hydrogen) atoms. The van der Waals surface area contributed by atoms with Gasteiger partial charge >= 0.3 is 0 Å². The maximum atomic E-state index is 11.3. The smallest absolute Gasteiger partial charge is 0.234 e. The fourth-order valence-corrected chi connectivity index (χ4v) is 1.22. The normalized spacial score (nSPS) is 17.5. The van der Waals surface area contributed by atoms with Crippen LogP contribution < -0.4 is 10.6 Å². The van der Waals surface area contributed by atoms with E-state index in [2.05, 4.69) is 10.6 Å². The summed E-state index contributed by atoms with van der Waals surface area (Å²) in [5, 5.41) is 15.2. The lowest BCUT2D eigenvalue weighted by Crippen LogP contribution is -2.39. The van der Waals surface area contributed by atoms with Crippen molar-refractivity contribution in [3.63, 3.8) is 0 Å². The molecule has 0 saturated heterocycles. The molecule has 1 saturated carbocycles. The molecule has 3 N–H and O–H groups in total. The van der Waals surface area contributed by atoms with Crippen LogP contribution in [0.15, 0.2) is 0 Å². The topological polar surface area (TPSA) is 70.6 Å². The summed E-state index contributed by atoms with van der Waals surface area (Å²) in [6.07, 6.45) is 1.75. The summed E-state index contributed by atoms with van der Waals surface area (Å²) < 4.78 is 5.25. The second-order valence-corrected chi connectivity index (χ2v) is 4.51. The molecule has 1 aliphatic carbocycles. The maximum absolute atomic E-state index is 11.3. The molecule has 1 aliphatic rings. The summed E-state index contributed by atoms with van der Waals surface area (Å²) in [5.74, 6) is -0.000483. The van der Waals surface area contributed by atoms with Gasteiger partial charge < -0.3 is 20.5 Å². The van der Waals surface area contributed by atoms with Crippen LogP contribution in [0.5, 0.6) is 0 Å². The Morgan fingerprint density at radius 3 is 2.75 bits per heavy atom. The van der Waals surface area contributed by atoms with E-state index >= 15 is 0 Å². The Labute approximate surface area is 96.6 Å². The molecule has 0 heterocycles. The van der Waals surface area contributed by atoms with E-state index in [-0.39, 0.29) is 18.6 Å². The molecule has 0 spiro atoms. The first-order valence-electron chi connectivity index (χ1n) is 5.87. The average Bonchev–Trinajstić information content (AvgIpc) is 2.98. The Bertz CT molecular complexity index is 217. The highest BCUT2D eigenvalue weighted by atomic mass is 16.5. The minimum atomic E-state index is -0.559. The first kappa shape index (κ1) is 13.4. The van der Waals surface area contributed by atoms with Crippen molar-refractivity contribution >= 4 is 5.91 Å². The minimum absolute atomic E-state index is 0.000483. The van der Waals surface area contributed by atoms with E-state index in [4.69, 9.17) is 4.74 Å². The van der Waals surface area contributed by atoms with Crippen molar-refractivity contribution in [3.8, 4) is 0 Å². The van der Waals surface area contributed by atoms with Crippen LogP contribution in [-0.4, -0.2) is 49.0 Å². The Hall–Kier alpha value is -0.650. The van der Waals surface area contributed by atoms with E-state index in [1.165, 1.54) is 0 Å². The van der Waals surface area contributed by atoms with Crippen LogP contribution in [0.4, 0.5) is 0 Å². The van der Waals surface area contributed by atoms with Gasteiger partial charge in [-0.15, -0.1) is 0 Å². The number of amides is 1. The third-order valence-electron chi connectivity index (χ3n) is 2.23. The van der Waals surface area contributed by atoms with Crippen LogP contribution in [0, 0.1) is 0 Å². The van der Waals surface area contributed by atoms with Gasteiger partial charge in [-0.05, 0) is 26.7 Å². The van der Waals surface area contributed by atoms with E-state index in [9.17, 15) is 9.90 Å². The monoisotopic (exact) mass is 230 g/mol. The van der Waals surface area contributed by atoms with Crippen molar-refractivity contribution in [2.75, 3.05) is 19.7 Å². The molecule has 0 aromatic rings. The van der Waals surface area contributed by atoms with Crippen LogP contribution in [-0.2, 0) is 9.53 Å². The number of aliphatic hydroxyl groups is 1. The SMILES string of the molecule is CC(C)OCC(O)CNCC(=O)NC1CC1. The van der Waals surface area contributed by atoms with Gasteiger partial charge in [0.25, 0.3) is 0 Å². The quantitative estimate of drug-likeness (QED) is 0.532. The molecule has 1 rings (SSSR count). The minimum Gasteiger partial charge on any atom is -0.389 e. The number of carbonyl (C=O) groups excluding carboxylic acids is 1. The Balaban J connectivity index is 1.94. The van der Waals surface area contributed by atoms with E-state index < -0.39 is 6.10 Å². The lowest BCUT2D eigenvalue weighted by Gasteiger charge is -2.14. The molecule has 1 unspecified atom stereocenters. The summed E-state index contributed by atoms with van der Waals surface area (Å²) in [4.78, 5) is 11.3. The van der Waals surface area contributed by atoms with Gasteiger partial charge in [-0.1, -0.05) is 0 Å². The zero-order chi connectivity index (χ0) is 12.0. The molecule has 5 nitrogen and oxygen atoms in total. The summed E-state index contributed by atoms with van der Waals surface area (Å²) in [5.41, 5.74) is 0. The van der Waals surface area contributed by atoms with Crippen LogP contribution in [0.3, 0.4) is 0 Å². The second-order valence-electron chi connectivity index (χ2n) is 4.51. The van der Waals surface area contributed by atoms with Crippen molar-refractivity contribution in [3.05, 3.63) is 0 Å².